The highest BCUT2D eigenvalue weighted by Gasteiger charge is 2.23. The second kappa shape index (κ2) is 11.0. The molecule has 152 valence electrons. The van der Waals surface area contributed by atoms with Crippen LogP contribution >= 0.6 is 0 Å². The molecular weight excluding hydrogens is 350 g/mol. The normalized spacial score (nSPS) is 16.4. The van der Waals surface area contributed by atoms with Crippen molar-refractivity contribution >= 4 is 11.8 Å². The van der Waals surface area contributed by atoms with Gasteiger partial charge in [-0.05, 0) is 19.4 Å². The summed E-state index contributed by atoms with van der Waals surface area (Å²) in [6.07, 6.45) is 9.51. The maximum absolute atomic E-state index is 11.7. The molecule has 1 aromatic rings. The van der Waals surface area contributed by atoms with Crippen LogP contribution in [0.25, 0.3) is 0 Å². The molecule has 0 radical (unpaired) electrons. The van der Waals surface area contributed by atoms with Gasteiger partial charge in [0.15, 0.2) is 5.82 Å². The summed E-state index contributed by atoms with van der Waals surface area (Å²) in [5.74, 6) is 0.472. The SMILES string of the molecule is CN(CC(N)=O)Cc1noc([C@H](CCCC2CCCCC2)CC(=O)NO)n1. The van der Waals surface area contributed by atoms with Gasteiger partial charge in [-0.2, -0.15) is 4.98 Å². The third-order valence-corrected chi connectivity index (χ3v) is 5.12. The summed E-state index contributed by atoms with van der Waals surface area (Å²) >= 11 is 0. The lowest BCUT2D eigenvalue weighted by Crippen LogP contribution is -2.30. The summed E-state index contributed by atoms with van der Waals surface area (Å²) in [7, 11) is 1.74. The van der Waals surface area contributed by atoms with Gasteiger partial charge in [0.2, 0.25) is 17.7 Å². The zero-order chi connectivity index (χ0) is 19.6. The van der Waals surface area contributed by atoms with E-state index >= 15 is 0 Å². The molecule has 1 heterocycles. The highest BCUT2D eigenvalue weighted by atomic mass is 16.5. The van der Waals surface area contributed by atoms with Crippen LogP contribution < -0.4 is 11.2 Å². The molecule has 1 aromatic heterocycles. The van der Waals surface area contributed by atoms with Crippen LogP contribution in [0.15, 0.2) is 4.52 Å². The monoisotopic (exact) mass is 381 g/mol. The fourth-order valence-electron chi connectivity index (χ4n) is 3.77. The molecule has 0 aliphatic heterocycles. The first-order chi connectivity index (χ1) is 13.0. The van der Waals surface area contributed by atoms with Gasteiger partial charge in [0.25, 0.3) is 0 Å². The number of nitrogens with two attached hydrogens (primary N) is 1. The minimum atomic E-state index is -0.469. The Bertz CT molecular complexity index is 600. The Balaban J connectivity index is 1.92. The molecule has 0 aromatic carbocycles. The number of nitrogens with one attached hydrogen (secondary N) is 1. The summed E-state index contributed by atoms with van der Waals surface area (Å²) in [4.78, 5) is 28.7. The zero-order valence-electron chi connectivity index (χ0n) is 16.0. The van der Waals surface area contributed by atoms with Crippen LogP contribution in [0.1, 0.15) is 75.4 Å². The van der Waals surface area contributed by atoms with Crippen molar-refractivity contribution in [2.45, 2.75) is 70.3 Å². The number of nitrogens with zero attached hydrogens (tertiary/aromatic N) is 3. The van der Waals surface area contributed by atoms with E-state index in [9.17, 15) is 9.59 Å². The molecule has 0 saturated heterocycles. The van der Waals surface area contributed by atoms with Crippen molar-refractivity contribution < 1.29 is 19.3 Å². The van der Waals surface area contributed by atoms with Crippen molar-refractivity contribution in [1.82, 2.24) is 20.5 Å². The van der Waals surface area contributed by atoms with E-state index in [-0.39, 0.29) is 18.9 Å². The quantitative estimate of drug-likeness (QED) is 0.392. The lowest BCUT2D eigenvalue weighted by Gasteiger charge is -2.22. The van der Waals surface area contributed by atoms with E-state index in [4.69, 9.17) is 15.5 Å². The van der Waals surface area contributed by atoms with Gasteiger partial charge < -0.3 is 10.3 Å². The number of carbonyl (C=O) groups is 2. The molecule has 1 saturated carbocycles. The topological polar surface area (TPSA) is 135 Å². The van der Waals surface area contributed by atoms with E-state index in [1.165, 1.54) is 32.1 Å². The Kier molecular flexibility index (Phi) is 8.66. The number of hydrogen-bond donors (Lipinski definition) is 3. The molecule has 4 N–H and O–H groups in total. The second-order valence-electron chi connectivity index (χ2n) is 7.56. The summed E-state index contributed by atoms with van der Waals surface area (Å²) < 4.78 is 5.35. The van der Waals surface area contributed by atoms with Gasteiger partial charge in [-0.25, -0.2) is 5.48 Å². The number of carbonyl (C=O) groups excluding carboxylic acids is 2. The van der Waals surface area contributed by atoms with Gasteiger partial charge in [-0.3, -0.25) is 19.7 Å². The van der Waals surface area contributed by atoms with Crippen LogP contribution in [0.2, 0.25) is 0 Å². The fraction of sp³-hybridized carbons (Fsp3) is 0.778. The molecule has 0 spiro atoms. The van der Waals surface area contributed by atoms with Crippen molar-refractivity contribution in [2.75, 3.05) is 13.6 Å². The van der Waals surface area contributed by atoms with Crippen LogP contribution in [0.3, 0.4) is 0 Å². The number of amides is 2. The Labute approximate surface area is 159 Å². The summed E-state index contributed by atoms with van der Waals surface area (Å²) in [5, 5.41) is 12.8. The maximum Gasteiger partial charge on any atom is 0.244 e. The van der Waals surface area contributed by atoms with Crippen molar-refractivity contribution in [1.29, 1.82) is 0 Å². The smallest absolute Gasteiger partial charge is 0.244 e. The summed E-state index contributed by atoms with van der Waals surface area (Å²) in [6.45, 7) is 0.426. The highest BCUT2D eigenvalue weighted by Crippen LogP contribution is 2.31. The van der Waals surface area contributed by atoms with Gasteiger partial charge >= 0.3 is 0 Å². The van der Waals surface area contributed by atoms with Gasteiger partial charge in [-0.15, -0.1) is 0 Å². The first-order valence-corrected chi connectivity index (χ1v) is 9.70. The van der Waals surface area contributed by atoms with E-state index in [1.54, 1.807) is 17.4 Å². The van der Waals surface area contributed by atoms with Crippen LogP contribution in [-0.2, 0) is 16.1 Å². The predicted molar refractivity (Wildman–Crippen MR) is 97.5 cm³/mol. The van der Waals surface area contributed by atoms with Crippen molar-refractivity contribution in [3.8, 4) is 0 Å². The zero-order valence-corrected chi connectivity index (χ0v) is 16.0. The molecule has 1 atom stereocenters. The summed E-state index contributed by atoms with van der Waals surface area (Å²) in [6, 6.07) is 0. The number of primary amides is 1. The third-order valence-electron chi connectivity index (χ3n) is 5.12. The van der Waals surface area contributed by atoms with Crippen molar-refractivity contribution in [3.05, 3.63) is 11.7 Å². The lowest BCUT2D eigenvalue weighted by molar-refractivity contribution is -0.129. The average Bonchev–Trinajstić information content (AvgIpc) is 3.09. The minimum Gasteiger partial charge on any atom is -0.369 e. The van der Waals surface area contributed by atoms with Gasteiger partial charge in [0.1, 0.15) is 0 Å². The highest BCUT2D eigenvalue weighted by molar-refractivity contribution is 5.76. The maximum atomic E-state index is 11.7. The number of likely N-dealkylation sites (N-methyl/N-ethyl adjacent to an activating group) is 1. The van der Waals surface area contributed by atoms with E-state index in [0.717, 1.165) is 25.2 Å². The molecule has 1 aliphatic rings. The fourth-order valence-corrected chi connectivity index (χ4v) is 3.77. The molecule has 9 nitrogen and oxygen atoms in total. The Morgan fingerprint density at radius 3 is 2.78 bits per heavy atom. The first-order valence-electron chi connectivity index (χ1n) is 9.70. The van der Waals surface area contributed by atoms with E-state index in [0.29, 0.717) is 18.3 Å². The van der Waals surface area contributed by atoms with Gasteiger partial charge in [0.05, 0.1) is 13.1 Å². The number of aromatic nitrogens is 2. The Morgan fingerprint density at radius 2 is 2.11 bits per heavy atom. The minimum absolute atomic E-state index is 0.0971. The molecule has 0 unspecified atom stereocenters. The number of hydrogen-bond acceptors (Lipinski definition) is 7. The van der Waals surface area contributed by atoms with E-state index in [2.05, 4.69) is 10.1 Å². The molecule has 2 amide bonds. The standard InChI is InChI=1S/C18H31N5O4/c1-23(11-15(19)24)12-16-20-18(27-22-16)14(10-17(25)21-26)9-5-8-13-6-3-2-4-7-13/h13-14,26H,2-12H2,1H3,(H2,19,24)(H,21,25)/t14-/m1/s1. The molecular formula is C18H31N5O4. The Morgan fingerprint density at radius 1 is 1.37 bits per heavy atom. The average molecular weight is 381 g/mol. The summed E-state index contributed by atoms with van der Waals surface area (Å²) in [5.41, 5.74) is 6.85. The van der Waals surface area contributed by atoms with Crippen LogP contribution in [0.4, 0.5) is 0 Å². The van der Waals surface area contributed by atoms with E-state index in [1.807, 2.05) is 0 Å². The van der Waals surface area contributed by atoms with Crippen LogP contribution in [-0.4, -0.2) is 45.7 Å². The third kappa shape index (κ3) is 7.64. The molecule has 1 fully saturated rings. The molecule has 0 bridgehead atoms. The van der Waals surface area contributed by atoms with Crippen LogP contribution in [0.5, 0.6) is 0 Å². The molecule has 1 aliphatic carbocycles. The van der Waals surface area contributed by atoms with Crippen molar-refractivity contribution in [2.24, 2.45) is 11.7 Å². The molecule has 9 heteroatoms. The number of hydroxylamine groups is 1. The second-order valence-corrected chi connectivity index (χ2v) is 7.56. The van der Waals surface area contributed by atoms with Crippen molar-refractivity contribution in [3.63, 3.8) is 0 Å². The van der Waals surface area contributed by atoms with E-state index < -0.39 is 11.8 Å². The molecule has 27 heavy (non-hydrogen) atoms. The first kappa shape index (κ1) is 21.3. The molecule has 2 rings (SSSR count). The number of rotatable bonds is 11. The Hall–Kier alpha value is -2.00. The largest absolute Gasteiger partial charge is 0.369 e. The van der Waals surface area contributed by atoms with Crippen LogP contribution in [0, 0.1) is 5.92 Å². The lowest BCUT2D eigenvalue weighted by atomic mass is 9.84. The predicted octanol–water partition coefficient (Wildman–Crippen LogP) is 1.72. The van der Waals surface area contributed by atoms with Gasteiger partial charge in [-0.1, -0.05) is 50.1 Å². The van der Waals surface area contributed by atoms with Gasteiger partial charge in [0, 0.05) is 12.3 Å².